The van der Waals surface area contributed by atoms with Crippen molar-refractivity contribution >= 4 is 34.1 Å². The van der Waals surface area contributed by atoms with E-state index in [0.717, 1.165) is 37.9 Å². The molecule has 0 atom stereocenters. The lowest BCUT2D eigenvalue weighted by Gasteiger charge is -2.38. The molecule has 6 nitrogen and oxygen atoms in total. The van der Waals surface area contributed by atoms with Gasteiger partial charge >= 0.3 is 6.18 Å². The topological polar surface area (TPSA) is 57.2 Å². The number of benzene rings is 1. The molecular formula is C24H28ClF3N6. The molecule has 0 unspecified atom stereocenters. The van der Waals surface area contributed by atoms with Crippen molar-refractivity contribution in [2.45, 2.75) is 46.5 Å². The van der Waals surface area contributed by atoms with Gasteiger partial charge in [-0.25, -0.2) is 15.0 Å². The van der Waals surface area contributed by atoms with Crippen molar-refractivity contribution in [1.29, 1.82) is 0 Å². The smallest absolute Gasteiger partial charge is 0.366 e. The first-order valence-electron chi connectivity index (χ1n) is 11.3. The molecule has 0 saturated carbocycles. The van der Waals surface area contributed by atoms with Crippen LogP contribution in [0, 0.1) is 13.8 Å². The fourth-order valence-corrected chi connectivity index (χ4v) is 4.58. The van der Waals surface area contributed by atoms with Crippen LogP contribution in [0.3, 0.4) is 0 Å². The van der Waals surface area contributed by atoms with Crippen molar-refractivity contribution in [2.24, 2.45) is 0 Å². The van der Waals surface area contributed by atoms with Gasteiger partial charge in [0.1, 0.15) is 11.6 Å². The van der Waals surface area contributed by atoms with Crippen molar-refractivity contribution in [3.8, 4) is 0 Å². The van der Waals surface area contributed by atoms with E-state index < -0.39 is 11.7 Å². The van der Waals surface area contributed by atoms with E-state index >= 15 is 0 Å². The van der Waals surface area contributed by atoms with E-state index in [-0.39, 0.29) is 12.1 Å². The maximum absolute atomic E-state index is 13.3. The third kappa shape index (κ3) is 5.05. The lowest BCUT2D eigenvalue weighted by atomic mass is 10.0. The predicted octanol–water partition coefficient (Wildman–Crippen LogP) is 5.46. The van der Waals surface area contributed by atoms with Gasteiger partial charge in [0.2, 0.25) is 0 Å². The van der Waals surface area contributed by atoms with Crippen LogP contribution in [0.15, 0.2) is 24.3 Å². The number of aromatic nitrogens is 3. The number of nitrogens with zero attached hydrogens (tertiary/aromatic N) is 5. The van der Waals surface area contributed by atoms with Gasteiger partial charge in [-0.15, -0.1) is 0 Å². The maximum Gasteiger partial charge on any atom is 0.416 e. The highest BCUT2D eigenvalue weighted by molar-refractivity contribution is 6.32. The SMILES string of the molecule is Cc1nc(NCc2cccc(C(F)(F)F)c2C)c2cc(N3CCN(C(C)C)CC3)c(Cl)nc2n1. The summed E-state index contributed by atoms with van der Waals surface area (Å²) in [4.78, 5) is 18.1. The van der Waals surface area contributed by atoms with Gasteiger partial charge in [-0.2, -0.15) is 13.2 Å². The molecule has 3 heterocycles. The molecule has 4 rings (SSSR count). The number of anilines is 2. The first-order chi connectivity index (χ1) is 16.0. The van der Waals surface area contributed by atoms with Crippen LogP contribution in [0.4, 0.5) is 24.7 Å². The molecule has 1 aliphatic heterocycles. The molecule has 2 aromatic heterocycles. The number of halogens is 4. The van der Waals surface area contributed by atoms with E-state index in [4.69, 9.17) is 11.6 Å². The highest BCUT2D eigenvalue weighted by atomic mass is 35.5. The molecule has 0 bridgehead atoms. The minimum atomic E-state index is -4.40. The number of alkyl halides is 3. The van der Waals surface area contributed by atoms with Crippen LogP contribution in [0.5, 0.6) is 0 Å². The highest BCUT2D eigenvalue weighted by Gasteiger charge is 2.32. The van der Waals surface area contributed by atoms with E-state index in [1.54, 1.807) is 13.0 Å². The number of aryl methyl sites for hydroxylation is 1. The number of hydrogen-bond donors (Lipinski definition) is 1. The van der Waals surface area contributed by atoms with Crippen molar-refractivity contribution < 1.29 is 13.2 Å². The first kappa shape index (κ1) is 24.5. The molecule has 1 N–H and O–H groups in total. The molecule has 0 spiro atoms. The van der Waals surface area contributed by atoms with Crippen LogP contribution in [-0.2, 0) is 12.7 Å². The Labute approximate surface area is 202 Å². The normalized spacial score (nSPS) is 15.4. The minimum absolute atomic E-state index is 0.187. The first-order valence-corrected chi connectivity index (χ1v) is 11.7. The summed E-state index contributed by atoms with van der Waals surface area (Å²) in [6.45, 7) is 11.3. The average Bonchev–Trinajstić information content (AvgIpc) is 2.77. The van der Waals surface area contributed by atoms with Crippen molar-refractivity contribution in [2.75, 3.05) is 36.4 Å². The Morgan fingerprint density at radius 2 is 1.76 bits per heavy atom. The molecule has 0 aliphatic carbocycles. The summed E-state index contributed by atoms with van der Waals surface area (Å²) in [7, 11) is 0. The summed E-state index contributed by atoms with van der Waals surface area (Å²) in [6, 6.07) is 6.62. The summed E-state index contributed by atoms with van der Waals surface area (Å²) in [5, 5.41) is 4.27. The second-order valence-electron chi connectivity index (χ2n) is 8.85. The molecule has 1 aromatic carbocycles. The zero-order valence-corrected chi connectivity index (χ0v) is 20.4. The zero-order chi connectivity index (χ0) is 24.6. The lowest BCUT2D eigenvalue weighted by molar-refractivity contribution is -0.138. The third-order valence-corrected chi connectivity index (χ3v) is 6.59. The van der Waals surface area contributed by atoms with Crippen LogP contribution in [0.25, 0.3) is 11.0 Å². The quantitative estimate of drug-likeness (QED) is 0.477. The van der Waals surface area contributed by atoms with Crippen LogP contribution < -0.4 is 10.2 Å². The maximum atomic E-state index is 13.3. The number of hydrogen-bond acceptors (Lipinski definition) is 6. The molecule has 182 valence electrons. The van der Waals surface area contributed by atoms with Crippen LogP contribution in [0.2, 0.25) is 5.15 Å². The number of fused-ring (bicyclic) bond motifs is 1. The summed E-state index contributed by atoms with van der Waals surface area (Å²) in [6.07, 6.45) is -4.40. The monoisotopic (exact) mass is 492 g/mol. The van der Waals surface area contributed by atoms with Gasteiger partial charge in [-0.05, 0) is 51.0 Å². The van der Waals surface area contributed by atoms with E-state index in [0.29, 0.717) is 39.4 Å². The molecule has 10 heteroatoms. The summed E-state index contributed by atoms with van der Waals surface area (Å²) < 4.78 is 39.9. The highest BCUT2D eigenvalue weighted by Crippen LogP contribution is 2.34. The van der Waals surface area contributed by atoms with Crippen molar-refractivity contribution in [3.05, 3.63) is 51.9 Å². The van der Waals surface area contributed by atoms with Crippen LogP contribution in [-0.4, -0.2) is 52.1 Å². The second-order valence-corrected chi connectivity index (χ2v) is 9.20. The Kier molecular flexibility index (Phi) is 6.87. The van der Waals surface area contributed by atoms with Crippen molar-refractivity contribution in [3.63, 3.8) is 0 Å². The van der Waals surface area contributed by atoms with Crippen molar-refractivity contribution in [1.82, 2.24) is 19.9 Å². The van der Waals surface area contributed by atoms with E-state index in [2.05, 4.69) is 43.9 Å². The van der Waals surface area contributed by atoms with Gasteiger partial charge in [-0.1, -0.05) is 23.7 Å². The molecular weight excluding hydrogens is 465 g/mol. The standard InChI is InChI=1S/C24H28ClF3N6/c1-14(2)33-8-10-34(11-9-33)20-12-18-22(30-16(4)31-23(18)32-21(20)25)29-13-17-6-5-7-19(15(17)3)24(26,27)28/h5-7,12,14H,8-11,13H2,1-4H3,(H,29,30,31,32). The van der Waals surface area contributed by atoms with E-state index in [9.17, 15) is 13.2 Å². The fourth-order valence-electron chi connectivity index (χ4n) is 4.33. The number of rotatable bonds is 5. The third-order valence-electron chi connectivity index (χ3n) is 6.32. The average molecular weight is 493 g/mol. The van der Waals surface area contributed by atoms with Crippen LogP contribution in [0.1, 0.15) is 36.4 Å². The Morgan fingerprint density at radius 3 is 2.41 bits per heavy atom. The summed E-state index contributed by atoms with van der Waals surface area (Å²) in [5.41, 5.74) is 1.37. The Bertz CT molecular complexity index is 1190. The molecule has 1 fully saturated rings. The lowest BCUT2D eigenvalue weighted by Crippen LogP contribution is -2.49. The minimum Gasteiger partial charge on any atom is -0.366 e. The van der Waals surface area contributed by atoms with Gasteiger partial charge in [0.05, 0.1) is 16.6 Å². The second kappa shape index (κ2) is 9.54. The summed E-state index contributed by atoms with van der Waals surface area (Å²) >= 11 is 6.54. The van der Waals surface area contributed by atoms with Gasteiger partial charge in [0, 0.05) is 38.8 Å². The predicted molar refractivity (Wildman–Crippen MR) is 130 cm³/mol. The van der Waals surface area contributed by atoms with Gasteiger partial charge in [0.15, 0.2) is 10.8 Å². The van der Waals surface area contributed by atoms with E-state index in [1.807, 2.05) is 6.07 Å². The van der Waals surface area contributed by atoms with E-state index in [1.165, 1.54) is 13.0 Å². The Balaban J connectivity index is 1.64. The largest absolute Gasteiger partial charge is 0.416 e. The molecule has 1 aliphatic rings. The van der Waals surface area contributed by atoms with Gasteiger partial charge in [0.25, 0.3) is 0 Å². The molecule has 0 radical (unpaired) electrons. The fraction of sp³-hybridized carbons (Fsp3) is 0.458. The number of nitrogens with one attached hydrogen (secondary N) is 1. The summed E-state index contributed by atoms with van der Waals surface area (Å²) in [5.74, 6) is 1.02. The molecule has 0 amide bonds. The van der Waals surface area contributed by atoms with Gasteiger partial charge in [-0.3, -0.25) is 4.90 Å². The zero-order valence-electron chi connectivity index (χ0n) is 19.7. The van der Waals surface area contributed by atoms with Gasteiger partial charge < -0.3 is 10.2 Å². The molecule has 3 aromatic rings. The number of piperazine rings is 1. The molecule has 1 saturated heterocycles. The Morgan fingerprint density at radius 1 is 1.06 bits per heavy atom. The number of pyridine rings is 1. The molecule has 34 heavy (non-hydrogen) atoms. The van der Waals surface area contributed by atoms with Crippen LogP contribution >= 0.6 is 11.6 Å². The Hall–Kier alpha value is -2.65.